The summed E-state index contributed by atoms with van der Waals surface area (Å²) in [5.41, 5.74) is 21.3. The van der Waals surface area contributed by atoms with Gasteiger partial charge in [-0.2, -0.15) is 0 Å². The SMILES string of the molecule is CC1(C)c2cc(N(c3ccccc3)c3ccc(-c4ccc(-c5ccccc5)cc4)cc3)ccc2-c2c(N(c3ccc(-c4ccccc4)cc3)c3ccc(-c4ccccc4)cc3)cccc21. The second-order valence-corrected chi connectivity index (χ2v) is 17.4. The summed E-state index contributed by atoms with van der Waals surface area (Å²) < 4.78 is 0. The Labute approximate surface area is 383 Å². The predicted molar refractivity (Wildman–Crippen MR) is 275 cm³/mol. The van der Waals surface area contributed by atoms with Crippen LogP contribution in [0.2, 0.25) is 0 Å². The van der Waals surface area contributed by atoms with E-state index in [9.17, 15) is 0 Å². The second kappa shape index (κ2) is 16.8. The predicted octanol–water partition coefficient (Wildman–Crippen LogP) is 17.6. The van der Waals surface area contributed by atoms with Crippen LogP contribution in [0, 0.1) is 0 Å². The highest BCUT2D eigenvalue weighted by molar-refractivity contribution is 5.96. The van der Waals surface area contributed by atoms with Crippen molar-refractivity contribution >= 4 is 34.1 Å². The summed E-state index contributed by atoms with van der Waals surface area (Å²) in [6, 6.07) is 92.4. The maximum Gasteiger partial charge on any atom is 0.0543 e. The van der Waals surface area contributed by atoms with Crippen LogP contribution in [-0.4, -0.2) is 0 Å². The maximum absolute atomic E-state index is 2.44. The summed E-state index contributed by atoms with van der Waals surface area (Å²) in [6.45, 7) is 4.76. The van der Waals surface area contributed by atoms with Gasteiger partial charge >= 0.3 is 0 Å². The van der Waals surface area contributed by atoms with Gasteiger partial charge in [-0.1, -0.05) is 202 Å². The lowest BCUT2D eigenvalue weighted by molar-refractivity contribution is 0.660. The molecular weight excluding hydrogens is 785 g/mol. The van der Waals surface area contributed by atoms with Crippen molar-refractivity contribution < 1.29 is 0 Å². The lowest BCUT2D eigenvalue weighted by Gasteiger charge is -2.29. The Bertz CT molecular complexity index is 3130. The van der Waals surface area contributed by atoms with Crippen molar-refractivity contribution in [2.75, 3.05) is 9.80 Å². The fourth-order valence-corrected chi connectivity index (χ4v) is 9.69. The Balaban J connectivity index is 0.989. The van der Waals surface area contributed by atoms with Crippen molar-refractivity contribution in [2.24, 2.45) is 0 Å². The van der Waals surface area contributed by atoms with Crippen LogP contribution in [0.15, 0.2) is 255 Å². The van der Waals surface area contributed by atoms with Gasteiger partial charge in [0.1, 0.15) is 0 Å². The van der Waals surface area contributed by atoms with Crippen LogP contribution in [-0.2, 0) is 5.41 Å². The quantitative estimate of drug-likeness (QED) is 0.135. The Kier molecular flexibility index (Phi) is 10.3. The van der Waals surface area contributed by atoms with Gasteiger partial charge in [0.2, 0.25) is 0 Å². The Morgan fingerprint density at radius 2 is 0.600 bits per heavy atom. The van der Waals surface area contributed by atoms with Crippen LogP contribution in [0.5, 0.6) is 0 Å². The van der Waals surface area contributed by atoms with Crippen LogP contribution in [0.25, 0.3) is 55.6 Å². The molecule has 0 aromatic heterocycles. The molecule has 11 rings (SSSR count). The van der Waals surface area contributed by atoms with Gasteiger partial charge < -0.3 is 9.80 Å². The molecule has 0 heterocycles. The van der Waals surface area contributed by atoms with Gasteiger partial charge in [0.15, 0.2) is 0 Å². The van der Waals surface area contributed by atoms with Crippen LogP contribution < -0.4 is 9.80 Å². The summed E-state index contributed by atoms with van der Waals surface area (Å²) in [5.74, 6) is 0. The molecule has 10 aromatic carbocycles. The molecule has 0 atom stereocenters. The number of anilines is 6. The lowest BCUT2D eigenvalue weighted by Crippen LogP contribution is -2.17. The summed E-state index contributed by atoms with van der Waals surface area (Å²) in [7, 11) is 0. The third-order valence-corrected chi connectivity index (χ3v) is 13.1. The Morgan fingerprint density at radius 3 is 1.03 bits per heavy atom. The first-order chi connectivity index (χ1) is 32.0. The van der Waals surface area contributed by atoms with Gasteiger partial charge in [0, 0.05) is 39.4 Å². The summed E-state index contributed by atoms with van der Waals surface area (Å²) in [4.78, 5) is 4.83. The topological polar surface area (TPSA) is 6.48 Å². The molecule has 0 unspecified atom stereocenters. The standard InChI is InChI=1S/C63H48N2/c1-63(2)59-24-15-25-61(65(55-38-32-50(33-39-55)46-18-9-4-10-19-46)56-40-34-51(35-41-56)47-20-11-5-12-21-47)62(59)58-43-42-57(44-60(58)63)64(53-22-13-6-14-23-53)54-36-30-52(31-37-54)49-28-26-48(27-29-49)45-16-7-3-8-17-45/h3-44H,1-2H3. The van der Waals surface area contributed by atoms with Crippen molar-refractivity contribution in [3.8, 4) is 55.6 Å². The molecule has 65 heavy (non-hydrogen) atoms. The summed E-state index contributed by atoms with van der Waals surface area (Å²) in [6.07, 6.45) is 0. The van der Waals surface area contributed by atoms with Crippen LogP contribution in [0.4, 0.5) is 34.1 Å². The molecule has 1 aliphatic rings. The van der Waals surface area contributed by atoms with E-state index in [1.807, 2.05) is 0 Å². The highest BCUT2D eigenvalue weighted by Gasteiger charge is 2.38. The van der Waals surface area contributed by atoms with E-state index in [0.717, 1.165) is 34.1 Å². The monoisotopic (exact) mass is 832 g/mol. The molecule has 0 radical (unpaired) electrons. The molecule has 310 valence electrons. The number of hydrogen-bond donors (Lipinski definition) is 0. The average Bonchev–Trinajstić information content (AvgIpc) is 3.61. The van der Waals surface area contributed by atoms with Gasteiger partial charge in [-0.05, 0) is 128 Å². The Hall–Kier alpha value is -8.20. The zero-order valence-corrected chi connectivity index (χ0v) is 36.6. The van der Waals surface area contributed by atoms with Gasteiger partial charge in [0.05, 0.1) is 5.69 Å². The third kappa shape index (κ3) is 7.49. The zero-order valence-electron chi connectivity index (χ0n) is 36.6. The number of fused-ring (bicyclic) bond motifs is 3. The van der Waals surface area contributed by atoms with E-state index in [0.29, 0.717) is 0 Å². The summed E-state index contributed by atoms with van der Waals surface area (Å²) >= 11 is 0. The minimum Gasteiger partial charge on any atom is -0.310 e. The number of rotatable bonds is 10. The van der Waals surface area contributed by atoms with Crippen LogP contribution in [0.3, 0.4) is 0 Å². The van der Waals surface area contributed by atoms with Crippen molar-refractivity contribution in [2.45, 2.75) is 19.3 Å². The normalized spacial score (nSPS) is 12.3. The minimum absolute atomic E-state index is 0.255. The van der Waals surface area contributed by atoms with Crippen LogP contribution in [0.1, 0.15) is 25.0 Å². The lowest BCUT2D eigenvalue weighted by atomic mass is 9.82. The van der Waals surface area contributed by atoms with Gasteiger partial charge in [-0.3, -0.25) is 0 Å². The highest BCUT2D eigenvalue weighted by Crippen LogP contribution is 2.55. The molecule has 1 aliphatic carbocycles. The van der Waals surface area contributed by atoms with Crippen molar-refractivity contribution in [1.29, 1.82) is 0 Å². The fourth-order valence-electron chi connectivity index (χ4n) is 9.69. The third-order valence-electron chi connectivity index (χ3n) is 13.1. The Morgan fingerprint density at radius 1 is 0.262 bits per heavy atom. The number of nitrogens with zero attached hydrogens (tertiary/aromatic N) is 2. The smallest absolute Gasteiger partial charge is 0.0543 e. The van der Waals surface area contributed by atoms with Crippen LogP contribution >= 0.6 is 0 Å². The minimum atomic E-state index is -0.255. The number of benzene rings is 10. The van der Waals surface area contributed by atoms with E-state index in [1.165, 1.54) is 66.8 Å². The number of para-hydroxylation sites is 1. The molecule has 10 aromatic rings. The number of hydrogen-bond acceptors (Lipinski definition) is 2. The van der Waals surface area contributed by atoms with Crippen molar-refractivity contribution in [3.05, 3.63) is 266 Å². The van der Waals surface area contributed by atoms with E-state index in [2.05, 4.69) is 278 Å². The largest absolute Gasteiger partial charge is 0.310 e. The molecule has 0 saturated heterocycles. The van der Waals surface area contributed by atoms with E-state index in [1.54, 1.807) is 0 Å². The van der Waals surface area contributed by atoms with E-state index >= 15 is 0 Å². The summed E-state index contributed by atoms with van der Waals surface area (Å²) in [5, 5.41) is 0. The second-order valence-electron chi connectivity index (χ2n) is 17.4. The zero-order chi connectivity index (χ0) is 43.7. The molecule has 0 spiro atoms. The van der Waals surface area contributed by atoms with E-state index < -0.39 is 0 Å². The van der Waals surface area contributed by atoms with Gasteiger partial charge in [-0.25, -0.2) is 0 Å². The molecule has 2 nitrogen and oxygen atoms in total. The fraction of sp³-hybridized carbons (Fsp3) is 0.0476. The molecule has 0 fully saturated rings. The highest BCUT2D eigenvalue weighted by atomic mass is 15.2. The van der Waals surface area contributed by atoms with Crippen molar-refractivity contribution in [1.82, 2.24) is 0 Å². The average molecular weight is 833 g/mol. The molecule has 2 heteroatoms. The maximum atomic E-state index is 2.44. The molecule has 0 bridgehead atoms. The molecule has 0 aliphatic heterocycles. The molecule has 0 amide bonds. The van der Waals surface area contributed by atoms with Gasteiger partial charge in [0.25, 0.3) is 0 Å². The first-order valence-corrected chi connectivity index (χ1v) is 22.5. The first kappa shape index (κ1) is 39.6. The van der Waals surface area contributed by atoms with Crippen molar-refractivity contribution in [3.63, 3.8) is 0 Å². The first-order valence-electron chi connectivity index (χ1n) is 22.5. The van der Waals surface area contributed by atoms with E-state index in [4.69, 9.17) is 0 Å². The molecule has 0 N–H and O–H groups in total. The van der Waals surface area contributed by atoms with E-state index in [-0.39, 0.29) is 5.41 Å². The molecular formula is C63H48N2. The van der Waals surface area contributed by atoms with Gasteiger partial charge in [-0.15, -0.1) is 0 Å². The molecule has 0 saturated carbocycles.